The van der Waals surface area contributed by atoms with Gasteiger partial charge in [-0.05, 0) is 26.2 Å². The first-order chi connectivity index (χ1) is 7.75. The highest BCUT2D eigenvalue weighted by atomic mass is 16.5. The summed E-state index contributed by atoms with van der Waals surface area (Å²) in [6, 6.07) is 0.562. The maximum Gasteiger partial charge on any atom is 0.224 e. The van der Waals surface area contributed by atoms with E-state index in [4.69, 9.17) is 4.74 Å². The second-order valence-corrected chi connectivity index (χ2v) is 5.06. The van der Waals surface area contributed by atoms with Crippen molar-refractivity contribution in [2.75, 3.05) is 26.3 Å². The van der Waals surface area contributed by atoms with Gasteiger partial charge in [-0.2, -0.15) is 0 Å². The van der Waals surface area contributed by atoms with Crippen molar-refractivity contribution in [2.24, 2.45) is 11.8 Å². The third kappa shape index (κ3) is 3.19. The number of nitrogens with one attached hydrogen (secondary N) is 2. The van der Waals surface area contributed by atoms with Gasteiger partial charge >= 0.3 is 0 Å². The van der Waals surface area contributed by atoms with Crippen LogP contribution in [0.25, 0.3) is 0 Å². The Balaban J connectivity index is 1.67. The molecule has 0 aliphatic carbocycles. The van der Waals surface area contributed by atoms with E-state index in [2.05, 4.69) is 17.6 Å². The van der Waals surface area contributed by atoms with E-state index in [9.17, 15) is 4.79 Å². The van der Waals surface area contributed by atoms with Gasteiger partial charge in [-0.1, -0.05) is 0 Å². The fourth-order valence-electron chi connectivity index (χ4n) is 2.36. The standard InChI is InChI=1S/C12H22N2O2/c1-9-2-3-11(7-13-9)12(15)14-6-10-4-5-16-8-10/h9-11,13H,2-8H2,1H3,(H,14,15). The predicted molar refractivity (Wildman–Crippen MR) is 62.1 cm³/mol. The van der Waals surface area contributed by atoms with Crippen LogP contribution in [-0.4, -0.2) is 38.3 Å². The van der Waals surface area contributed by atoms with Gasteiger partial charge in [0, 0.05) is 31.7 Å². The van der Waals surface area contributed by atoms with Gasteiger partial charge in [-0.25, -0.2) is 0 Å². The van der Waals surface area contributed by atoms with Crippen molar-refractivity contribution >= 4 is 5.91 Å². The first-order valence-corrected chi connectivity index (χ1v) is 6.34. The van der Waals surface area contributed by atoms with E-state index in [0.717, 1.165) is 45.6 Å². The van der Waals surface area contributed by atoms with Crippen molar-refractivity contribution in [1.29, 1.82) is 0 Å². The first-order valence-electron chi connectivity index (χ1n) is 6.34. The van der Waals surface area contributed by atoms with Crippen LogP contribution in [0.15, 0.2) is 0 Å². The minimum atomic E-state index is 0.165. The van der Waals surface area contributed by atoms with Gasteiger partial charge in [0.1, 0.15) is 0 Å². The Morgan fingerprint density at radius 1 is 1.44 bits per heavy atom. The van der Waals surface area contributed by atoms with E-state index in [1.165, 1.54) is 0 Å². The maximum absolute atomic E-state index is 11.9. The Hall–Kier alpha value is -0.610. The quantitative estimate of drug-likeness (QED) is 0.738. The Bertz CT molecular complexity index is 231. The van der Waals surface area contributed by atoms with Crippen LogP contribution in [0.5, 0.6) is 0 Å². The molecule has 0 aromatic carbocycles. The van der Waals surface area contributed by atoms with Crippen LogP contribution in [0.1, 0.15) is 26.2 Å². The number of carbonyl (C=O) groups excluding carboxylic acids is 1. The van der Waals surface area contributed by atoms with Crippen LogP contribution in [0.3, 0.4) is 0 Å². The number of carbonyl (C=O) groups is 1. The molecule has 92 valence electrons. The van der Waals surface area contributed by atoms with Crippen molar-refractivity contribution in [2.45, 2.75) is 32.2 Å². The summed E-state index contributed by atoms with van der Waals surface area (Å²) in [6.45, 7) is 5.44. The molecular formula is C12H22N2O2. The number of rotatable bonds is 3. The maximum atomic E-state index is 11.9. The van der Waals surface area contributed by atoms with E-state index in [0.29, 0.717) is 12.0 Å². The molecule has 2 N–H and O–H groups in total. The van der Waals surface area contributed by atoms with Crippen molar-refractivity contribution in [3.05, 3.63) is 0 Å². The number of ether oxygens (including phenoxy) is 1. The summed E-state index contributed by atoms with van der Waals surface area (Å²) >= 11 is 0. The average molecular weight is 226 g/mol. The van der Waals surface area contributed by atoms with Crippen LogP contribution in [0.2, 0.25) is 0 Å². The molecule has 4 heteroatoms. The number of piperidine rings is 1. The van der Waals surface area contributed by atoms with Crippen molar-refractivity contribution in [3.8, 4) is 0 Å². The Morgan fingerprint density at radius 2 is 2.31 bits per heavy atom. The largest absolute Gasteiger partial charge is 0.381 e. The topological polar surface area (TPSA) is 50.4 Å². The monoisotopic (exact) mass is 226 g/mol. The highest BCUT2D eigenvalue weighted by Crippen LogP contribution is 2.15. The predicted octanol–water partition coefficient (Wildman–Crippen LogP) is 0.527. The molecule has 2 rings (SSSR count). The fraction of sp³-hybridized carbons (Fsp3) is 0.917. The second kappa shape index (κ2) is 5.64. The average Bonchev–Trinajstić information content (AvgIpc) is 2.80. The first kappa shape index (κ1) is 11.9. The lowest BCUT2D eigenvalue weighted by molar-refractivity contribution is -0.125. The van der Waals surface area contributed by atoms with Gasteiger partial charge < -0.3 is 15.4 Å². The Morgan fingerprint density at radius 3 is 2.94 bits per heavy atom. The molecular weight excluding hydrogens is 204 g/mol. The molecule has 0 spiro atoms. The van der Waals surface area contributed by atoms with Gasteiger partial charge in [-0.15, -0.1) is 0 Å². The molecule has 3 atom stereocenters. The summed E-state index contributed by atoms with van der Waals surface area (Å²) in [4.78, 5) is 11.9. The molecule has 2 aliphatic rings. The Kier molecular flexibility index (Phi) is 4.18. The molecule has 0 bridgehead atoms. The van der Waals surface area contributed by atoms with E-state index in [-0.39, 0.29) is 11.8 Å². The third-order valence-corrected chi connectivity index (χ3v) is 3.62. The normalized spacial score (nSPS) is 34.9. The van der Waals surface area contributed by atoms with Crippen LogP contribution >= 0.6 is 0 Å². The number of hydrogen-bond acceptors (Lipinski definition) is 3. The molecule has 0 aromatic rings. The van der Waals surface area contributed by atoms with E-state index in [1.54, 1.807) is 0 Å². The fourth-order valence-corrected chi connectivity index (χ4v) is 2.36. The van der Waals surface area contributed by atoms with Gasteiger partial charge in [0.2, 0.25) is 5.91 Å². The van der Waals surface area contributed by atoms with Gasteiger partial charge in [-0.3, -0.25) is 4.79 Å². The van der Waals surface area contributed by atoms with Crippen molar-refractivity contribution in [1.82, 2.24) is 10.6 Å². The summed E-state index contributed by atoms with van der Waals surface area (Å²) in [5, 5.41) is 6.41. The molecule has 0 aromatic heterocycles. The number of hydrogen-bond donors (Lipinski definition) is 2. The van der Waals surface area contributed by atoms with Crippen LogP contribution in [0, 0.1) is 11.8 Å². The summed E-state index contributed by atoms with van der Waals surface area (Å²) in [5.41, 5.74) is 0. The third-order valence-electron chi connectivity index (χ3n) is 3.62. The van der Waals surface area contributed by atoms with E-state index < -0.39 is 0 Å². The molecule has 2 aliphatic heterocycles. The molecule has 3 unspecified atom stereocenters. The summed E-state index contributed by atoms with van der Waals surface area (Å²) in [6.07, 6.45) is 3.20. The zero-order valence-electron chi connectivity index (χ0n) is 10.00. The Labute approximate surface area is 97.1 Å². The minimum absolute atomic E-state index is 0.165. The van der Waals surface area contributed by atoms with Gasteiger partial charge in [0.25, 0.3) is 0 Å². The van der Waals surface area contributed by atoms with E-state index in [1.807, 2.05) is 0 Å². The highest BCUT2D eigenvalue weighted by Gasteiger charge is 2.24. The second-order valence-electron chi connectivity index (χ2n) is 5.06. The van der Waals surface area contributed by atoms with Crippen molar-refractivity contribution in [3.63, 3.8) is 0 Å². The SMILES string of the molecule is CC1CCC(C(=O)NCC2CCOC2)CN1. The van der Waals surface area contributed by atoms with Crippen LogP contribution in [0.4, 0.5) is 0 Å². The van der Waals surface area contributed by atoms with E-state index >= 15 is 0 Å². The lowest BCUT2D eigenvalue weighted by Crippen LogP contribution is -2.44. The lowest BCUT2D eigenvalue weighted by Gasteiger charge is -2.27. The zero-order valence-corrected chi connectivity index (χ0v) is 10.00. The number of amides is 1. The molecule has 2 saturated heterocycles. The van der Waals surface area contributed by atoms with Gasteiger partial charge in [0.05, 0.1) is 12.5 Å². The van der Waals surface area contributed by atoms with Crippen molar-refractivity contribution < 1.29 is 9.53 Å². The molecule has 4 nitrogen and oxygen atoms in total. The summed E-state index contributed by atoms with van der Waals surface area (Å²) in [7, 11) is 0. The smallest absolute Gasteiger partial charge is 0.224 e. The molecule has 2 fully saturated rings. The lowest BCUT2D eigenvalue weighted by atomic mass is 9.94. The summed E-state index contributed by atoms with van der Waals surface area (Å²) < 4.78 is 5.29. The molecule has 0 saturated carbocycles. The van der Waals surface area contributed by atoms with Crippen LogP contribution < -0.4 is 10.6 Å². The zero-order chi connectivity index (χ0) is 11.4. The molecule has 1 amide bonds. The summed E-state index contributed by atoms with van der Waals surface area (Å²) in [5.74, 6) is 0.907. The highest BCUT2D eigenvalue weighted by molar-refractivity contribution is 5.78. The van der Waals surface area contributed by atoms with Gasteiger partial charge in [0.15, 0.2) is 0 Å². The molecule has 16 heavy (non-hydrogen) atoms. The molecule has 0 radical (unpaired) electrons. The minimum Gasteiger partial charge on any atom is -0.381 e. The van der Waals surface area contributed by atoms with Crippen LogP contribution in [-0.2, 0) is 9.53 Å². The molecule has 2 heterocycles.